The molecule has 0 radical (unpaired) electrons. The molecule has 0 aliphatic carbocycles. The summed E-state index contributed by atoms with van der Waals surface area (Å²) in [7, 11) is -9.77. The number of ether oxygens (including phenoxy) is 4. The summed E-state index contributed by atoms with van der Waals surface area (Å²) >= 11 is 0. The van der Waals surface area contributed by atoms with Crippen LogP contribution in [0.5, 0.6) is 0 Å². The normalized spacial score (nSPS) is 19.6. The van der Waals surface area contributed by atoms with Crippen molar-refractivity contribution in [3.05, 3.63) is 12.3 Å². The van der Waals surface area contributed by atoms with Gasteiger partial charge in [0.15, 0.2) is 25.0 Å². The van der Waals surface area contributed by atoms with Gasteiger partial charge in [-0.05, 0) is 51.4 Å². The lowest BCUT2D eigenvalue weighted by molar-refractivity contribution is -0.585. The fourth-order valence-electron chi connectivity index (χ4n) is 3.91. The molecule has 0 fully saturated rings. The number of hydrogen-bond acceptors (Lipinski definition) is 6. The van der Waals surface area contributed by atoms with Crippen molar-refractivity contribution in [1.29, 1.82) is 0 Å². The van der Waals surface area contributed by atoms with Crippen molar-refractivity contribution in [3.8, 4) is 0 Å². The van der Waals surface area contributed by atoms with Gasteiger partial charge in [0, 0.05) is 20.0 Å². The highest BCUT2D eigenvalue weighted by molar-refractivity contribution is 6.87. The monoisotopic (exact) mass is 968 g/mol. The first kappa shape index (κ1) is 56.5. The standard InChI is InChI=1S/C25H32F24O6Si3/c1-9-56(3,4)55-58(7,8)13-11-15(27,19(33,34)35)52-23(44,45)17(29,21(39,40)41)54-25(48,49)24(46,47)53-16(28,20(36,37)38)22(42,43)51-14(26,18(30,31)32)10-12-57(5,6)50-2/h9H,1,10-13H2,2-8H3. The van der Waals surface area contributed by atoms with Gasteiger partial charge in [0.25, 0.3) is 0 Å². The largest absolute Gasteiger partial charge is 0.458 e. The van der Waals surface area contributed by atoms with E-state index in [0.29, 0.717) is 0 Å². The van der Waals surface area contributed by atoms with Crippen LogP contribution in [0.3, 0.4) is 0 Å². The molecule has 0 N–H and O–H groups in total. The van der Waals surface area contributed by atoms with Gasteiger partial charge in [0.05, 0.1) is 0 Å². The smallest absolute Gasteiger partial charge is 0.453 e. The van der Waals surface area contributed by atoms with Crippen molar-refractivity contribution in [1.82, 2.24) is 0 Å². The second kappa shape index (κ2) is 16.6. The van der Waals surface area contributed by atoms with Gasteiger partial charge >= 0.3 is 72.6 Å². The molecular formula is C25H32F24O6Si3. The maximum atomic E-state index is 15.1. The maximum Gasteiger partial charge on any atom is 0.458 e. The molecule has 0 rings (SSSR count). The molecule has 6 nitrogen and oxygen atoms in total. The zero-order chi connectivity index (χ0) is 47.3. The fraction of sp³-hybridized carbons (Fsp3) is 0.920. The van der Waals surface area contributed by atoms with Gasteiger partial charge in [-0.25, -0.2) is 8.78 Å². The van der Waals surface area contributed by atoms with E-state index in [1.54, 1.807) is 0 Å². The topological polar surface area (TPSA) is 55.4 Å². The summed E-state index contributed by atoms with van der Waals surface area (Å²) in [6, 6.07) is -2.84. The van der Waals surface area contributed by atoms with Crippen LogP contribution >= 0.6 is 0 Å². The lowest BCUT2D eigenvalue weighted by Crippen LogP contribution is -2.69. The first-order valence-corrected chi connectivity index (χ1v) is 24.3. The fourth-order valence-corrected chi connectivity index (χ4v) is 12.4. The SMILES string of the molecule is C=C[Si](C)(C)O[Si](C)(C)CCC(F)(OC(F)(F)C(F)(OC(F)(F)C(F)(F)OC(F)(C(F)(F)F)C(F)(F)OC(F)(CC[Si](C)(C)OC)C(F)(F)F)C(F)(F)F)C(F)(F)F. The van der Waals surface area contributed by atoms with Crippen LogP contribution in [-0.2, 0) is 27.5 Å². The van der Waals surface area contributed by atoms with Crippen molar-refractivity contribution in [3.63, 3.8) is 0 Å². The highest BCUT2D eigenvalue weighted by Crippen LogP contribution is 2.59. The summed E-state index contributed by atoms with van der Waals surface area (Å²) in [5.74, 6) is -29.3. The van der Waals surface area contributed by atoms with Crippen molar-refractivity contribution in [2.24, 2.45) is 0 Å². The van der Waals surface area contributed by atoms with Crippen molar-refractivity contribution >= 4 is 25.0 Å². The number of hydrogen-bond donors (Lipinski definition) is 0. The highest BCUT2D eigenvalue weighted by Gasteiger charge is 2.86. The summed E-state index contributed by atoms with van der Waals surface area (Å²) in [4.78, 5) is 0. The maximum absolute atomic E-state index is 15.1. The van der Waals surface area contributed by atoms with E-state index in [-0.39, 0.29) is 0 Å². The van der Waals surface area contributed by atoms with Gasteiger partial charge in [0.1, 0.15) is 0 Å². The van der Waals surface area contributed by atoms with Crippen molar-refractivity contribution in [2.75, 3.05) is 7.11 Å². The van der Waals surface area contributed by atoms with E-state index >= 15 is 4.39 Å². The van der Waals surface area contributed by atoms with Crippen LogP contribution in [0.2, 0.25) is 51.4 Å². The van der Waals surface area contributed by atoms with Gasteiger partial charge in [-0.2, -0.15) is 96.6 Å². The molecular weight excluding hydrogens is 936 g/mol. The average Bonchev–Trinajstić information content (AvgIpc) is 2.95. The van der Waals surface area contributed by atoms with Crippen LogP contribution in [0.1, 0.15) is 12.8 Å². The van der Waals surface area contributed by atoms with E-state index < -0.39 is 122 Å². The minimum absolute atomic E-state index is 0.729. The molecule has 0 aromatic rings. The van der Waals surface area contributed by atoms with Crippen LogP contribution < -0.4 is 0 Å². The quantitative estimate of drug-likeness (QED) is 0.0844. The molecule has 4 unspecified atom stereocenters. The molecule has 0 spiro atoms. The number of alkyl halides is 24. The number of rotatable bonds is 21. The summed E-state index contributed by atoms with van der Waals surface area (Å²) in [6.45, 7) is 9.61. The van der Waals surface area contributed by atoms with Crippen LogP contribution in [0.25, 0.3) is 0 Å². The van der Waals surface area contributed by atoms with E-state index in [4.69, 9.17) is 4.12 Å². The van der Waals surface area contributed by atoms with E-state index in [0.717, 1.165) is 39.0 Å². The highest BCUT2D eigenvalue weighted by atomic mass is 28.4. The Kier molecular flexibility index (Phi) is 16.2. The molecule has 0 aromatic heterocycles. The summed E-state index contributed by atoms with van der Waals surface area (Å²) in [6.07, 6.45) is -68.8. The molecule has 4 atom stereocenters. The molecule has 0 aliphatic rings. The Labute approximate surface area is 314 Å². The lowest BCUT2D eigenvalue weighted by Gasteiger charge is -2.42. The summed E-state index contributed by atoms with van der Waals surface area (Å²) < 4.78 is 355. The zero-order valence-electron chi connectivity index (χ0n) is 30.1. The lowest BCUT2D eigenvalue weighted by atomic mass is 10.2. The summed E-state index contributed by atoms with van der Waals surface area (Å²) in [5.41, 5.74) is 1.12. The van der Waals surface area contributed by atoms with Crippen LogP contribution in [0.15, 0.2) is 12.3 Å². The van der Waals surface area contributed by atoms with E-state index in [9.17, 15) is 101 Å². The Hall–Kier alpha value is -1.53. The van der Waals surface area contributed by atoms with E-state index in [1.807, 2.05) is 0 Å². The Bertz CT molecular complexity index is 1400. The van der Waals surface area contributed by atoms with Crippen molar-refractivity contribution in [2.45, 2.75) is 137 Å². The van der Waals surface area contributed by atoms with Gasteiger partial charge in [-0.15, -0.1) is 6.58 Å². The van der Waals surface area contributed by atoms with Gasteiger partial charge < -0.3 is 8.54 Å². The Morgan fingerprint density at radius 2 is 0.690 bits per heavy atom. The molecule has 0 aromatic carbocycles. The van der Waals surface area contributed by atoms with E-state index in [1.165, 1.54) is 22.6 Å². The van der Waals surface area contributed by atoms with Crippen LogP contribution in [0, 0.1) is 0 Å². The Morgan fingerprint density at radius 3 is 0.914 bits per heavy atom. The first-order valence-electron chi connectivity index (χ1n) is 15.1. The van der Waals surface area contributed by atoms with Gasteiger partial charge in [0.2, 0.25) is 0 Å². The molecule has 33 heteroatoms. The number of halogens is 24. The molecule has 58 heavy (non-hydrogen) atoms. The first-order chi connectivity index (χ1) is 24.8. The third-order valence-electron chi connectivity index (χ3n) is 7.46. The minimum Gasteiger partial charge on any atom is -0.453 e. The average molecular weight is 969 g/mol. The molecule has 0 saturated heterocycles. The van der Waals surface area contributed by atoms with Gasteiger partial charge in [-0.1, -0.05) is 5.70 Å². The third kappa shape index (κ3) is 12.5. The van der Waals surface area contributed by atoms with Gasteiger partial charge in [-0.3, -0.25) is 18.9 Å². The zero-order valence-corrected chi connectivity index (χ0v) is 33.1. The Balaban J connectivity index is 7.28. The Morgan fingerprint density at radius 1 is 0.414 bits per heavy atom. The van der Waals surface area contributed by atoms with Crippen molar-refractivity contribution < 1.29 is 133 Å². The molecule has 0 aliphatic heterocycles. The predicted molar refractivity (Wildman–Crippen MR) is 153 cm³/mol. The molecule has 0 amide bonds. The predicted octanol–water partition coefficient (Wildman–Crippen LogP) is 12.1. The molecule has 0 heterocycles. The molecule has 0 saturated carbocycles. The van der Waals surface area contributed by atoms with Crippen LogP contribution in [-0.4, -0.2) is 105 Å². The minimum atomic E-state index is -8.48. The third-order valence-corrected chi connectivity index (χ3v) is 16.8. The molecule has 348 valence electrons. The van der Waals surface area contributed by atoms with E-state index in [2.05, 4.69) is 20.5 Å². The second-order valence-electron chi connectivity index (χ2n) is 13.7. The summed E-state index contributed by atoms with van der Waals surface area (Å²) in [5, 5.41) is 0. The molecule has 0 bridgehead atoms. The second-order valence-corrected chi connectivity index (χ2v) is 26.6. The van der Waals surface area contributed by atoms with Crippen LogP contribution in [0.4, 0.5) is 105 Å².